The fraction of sp³-hybridized carbons (Fsp3) is 0.636. The van der Waals surface area contributed by atoms with E-state index in [4.69, 9.17) is 5.73 Å². The maximum absolute atomic E-state index is 5.56. The van der Waals surface area contributed by atoms with Gasteiger partial charge >= 0.3 is 0 Å². The van der Waals surface area contributed by atoms with Crippen LogP contribution in [-0.4, -0.2) is 16.5 Å². The summed E-state index contributed by atoms with van der Waals surface area (Å²) < 4.78 is 0.862. The van der Waals surface area contributed by atoms with Crippen LogP contribution in [0, 0.1) is 11.3 Å². The van der Waals surface area contributed by atoms with Gasteiger partial charge in [0.15, 0.2) is 0 Å². The third kappa shape index (κ3) is 2.29. The topological polar surface area (TPSA) is 63.8 Å². The number of aromatic nitrogens is 2. The van der Waals surface area contributed by atoms with E-state index in [1.807, 2.05) is 0 Å². The van der Waals surface area contributed by atoms with Gasteiger partial charge in [0.25, 0.3) is 0 Å². The number of nitrogens with zero attached hydrogens (tertiary/aromatic N) is 2. The van der Waals surface area contributed by atoms with Crippen molar-refractivity contribution in [2.45, 2.75) is 26.7 Å². The molecule has 4 nitrogen and oxygen atoms in total. The smallest absolute Gasteiger partial charge is 0.221 e. The summed E-state index contributed by atoms with van der Waals surface area (Å²) in [7, 11) is 0. The highest BCUT2D eigenvalue weighted by Gasteiger charge is 2.45. The Hall–Kier alpha value is -0.840. The molecule has 0 aliphatic heterocycles. The summed E-state index contributed by atoms with van der Waals surface area (Å²) in [5, 5.41) is 3.36. The molecule has 0 atom stereocenters. The molecular weight excluding hydrogens is 268 g/mol. The number of nitrogen functional groups attached to an aromatic ring is 1. The Morgan fingerprint density at radius 3 is 2.81 bits per heavy atom. The fourth-order valence-corrected chi connectivity index (χ4v) is 2.21. The third-order valence-corrected chi connectivity index (χ3v) is 4.07. The molecule has 1 aliphatic carbocycles. The molecule has 1 aromatic heterocycles. The van der Waals surface area contributed by atoms with Gasteiger partial charge in [0, 0.05) is 12.7 Å². The van der Waals surface area contributed by atoms with E-state index in [-0.39, 0.29) is 0 Å². The zero-order valence-electron chi connectivity index (χ0n) is 9.63. The molecule has 0 radical (unpaired) electrons. The van der Waals surface area contributed by atoms with Crippen LogP contribution in [0.1, 0.15) is 26.7 Å². The van der Waals surface area contributed by atoms with Crippen molar-refractivity contribution in [3.8, 4) is 0 Å². The molecule has 0 unspecified atom stereocenters. The van der Waals surface area contributed by atoms with Crippen molar-refractivity contribution in [3.05, 3.63) is 10.7 Å². The number of nitrogens with two attached hydrogens (primary N) is 1. The molecular formula is C11H17BrN4. The first kappa shape index (κ1) is 11.6. The van der Waals surface area contributed by atoms with Crippen LogP contribution in [0.3, 0.4) is 0 Å². The summed E-state index contributed by atoms with van der Waals surface area (Å²) in [5.41, 5.74) is 6.02. The van der Waals surface area contributed by atoms with Gasteiger partial charge in [-0.15, -0.1) is 0 Å². The number of hydrogen-bond acceptors (Lipinski definition) is 4. The van der Waals surface area contributed by atoms with E-state index >= 15 is 0 Å². The SMILES string of the molecule is CC(C)C1(CNc2nc(N)ncc2Br)CC1. The average Bonchev–Trinajstić information content (AvgIpc) is 3.00. The second-order valence-corrected chi connectivity index (χ2v) is 5.65. The van der Waals surface area contributed by atoms with E-state index < -0.39 is 0 Å². The van der Waals surface area contributed by atoms with Crippen molar-refractivity contribution in [1.29, 1.82) is 0 Å². The first-order valence-electron chi connectivity index (χ1n) is 5.55. The van der Waals surface area contributed by atoms with Gasteiger partial charge < -0.3 is 11.1 Å². The lowest BCUT2D eigenvalue weighted by molar-refractivity contribution is 0.380. The van der Waals surface area contributed by atoms with Gasteiger partial charge in [-0.1, -0.05) is 13.8 Å². The summed E-state index contributed by atoms with van der Waals surface area (Å²) in [6.45, 7) is 5.51. The predicted octanol–water partition coefficient (Wildman–Crippen LogP) is 2.67. The molecule has 0 saturated heterocycles. The second kappa shape index (κ2) is 4.20. The molecule has 0 amide bonds. The first-order valence-corrected chi connectivity index (χ1v) is 6.35. The number of hydrogen-bond donors (Lipinski definition) is 2. The third-order valence-electron chi connectivity index (χ3n) is 3.49. The minimum atomic E-state index is 0.306. The summed E-state index contributed by atoms with van der Waals surface area (Å²) in [5.74, 6) is 1.80. The fourth-order valence-electron chi connectivity index (χ4n) is 1.88. The van der Waals surface area contributed by atoms with E-state index in [0.717, 1.165) is 16.8 Å². The van der Waals surface area contributed by atoms with Crippen molar-refractivity contribution >= 4 is 27.7 Å². The lowest BCUT2D eigenvalue weighted by atomic mass is 9.92. The van der Waals surface area contributed by atoms with Gasteiger partial charge in [0.05, 0.1) is 4.47 Å². The number of nitrogens with one attached hydrogen (secondary N) is 1. The zero-order valence-corrected chi connectivity index (χ0v) is 11.2. The minimum absolute atomic E-state index is 0.306. The quantitative estimate of drug-likeness (QED) is 0.892. The summed E-state index contributed by atoms with van der Waals surface area (Å²) >= 11 is 3.41. The summed E-state index contributed by atoms with van der Waals surface area (Å²) in [6, 6.07) is 0. The van der Waals surface area contributed by atoms with Crippen molar-refractivity contribution in [1.82, 2.24) is 9.97 Å². The molecule has 0 spiro atoms. The van der Waals surface area contributed by atoms with Gasteiger partial charge in [0.2, 0.25) is 5.95 Å². The first-order chi connectivity index (χ1) is 7.53. The summed E-state index contributed by atoms with van der Waals surface area (Å²) in [6.07, 6.45) is 4.28. The highest BCUT2D eigenvalue weighted by molar-refractivity contribution is 9.10. The largest absolute Gasteiger partial charge is 0.368 e. The van der Waals surface area contributed by atoms with Crippen LogP contribution < -0.4 is 11.1 Å². The standard InChI is InChI=1S/C11H17BrN4/c1-7(2)11(3-4-11)6-15-9-8(12)5-14-10(13)16-9/h5,7H,3-4,6H2,1-2H3,(H3,13,14,15,16). The molecule has 2 rings (SSSR count). The predicted molar refractivity (Wildman–Crippen MR) is 69.1 cm³/mol. The summed E-state index contributed by atoms with van der Waals surface area (Å²) in [4.78, 5) is 8.09. The van der Waals surface area contributed by atoms with Crippen LogP contribution in [0.4, 0.5) is 11.8 Å². The monoisotopic (exact) mass is 284 g/mol. The number of rotatable bonds is 4. The lowest BCUT2D eigenvalue weighted by Crippen LogP contribution is -2.21. The highest BCUT2D eigenvalue weighted by Crippen LogP contribution is 2.51. The molecule has 1 heterocycles. The molecule has 3 N–H and O–H groups in total. The van der Waals surface area contributed by atoms with Crippen LogP contribution in [0.2, 0.25) is 0 Å². The van der Waals surface area contributed by atoms with Crippen molar-refractivity contribution in [2.24, 2.45) is 11.3 Å². The Bertz CT molecular complexity index is 388. The van der Waals surface area contributed by atoms with Crippen LogP contribution in [-0.2, 0) is 0 Å². The number of anilines is 2. The zero-order chi connectivity index (χ0) is 11.8. The average molecular weight is 285 g/mol. The molecule has 1 aromatic rings. The van der Waals surface area contributed by atoms with Crippen LogP contribution >= 0.6 is 15.9 Å². The molecule has 16 heavy (non-hydrogen) atoms. The van der Waals surface area contributed by atoms with E-state index in [9.17, 15) is 0 Å². The van der Waals surface area contributed by atoms with Gasteiger partial charge in [-0.2, -0.15) is 4.98 Å². The molecule has 1 fully saturated rings. The van der Waals surface area contributed by atoms with E-state index in [1.165, 1.54) is 12.8 Å². The maximum Gasteiger partial charge on any atom is 0.221 e. The van der Waals surface area contributed by atoms with Crippen molar-refractivity contribution < 1.29 is 0 Å². The Balaban J connectivity index is 2.02. The molecule has 0 bridgehead atoms. The van der Waals surface area contributed by atoms with Crippen molar-refractivity contribution in [3.63, 3.8) is 0 Å². The van der Waals surface area contributed by atoms with Crippen LogP contribution in [0.25, 0.3) is 0 Å². The van der Waals surface area contributed by atoms with E-state index in [1.54, 1.807) is 6.20 Å². The Morgan fingerprint density at radius 2 is 2.25 bits per heavy atom. The van der Waals surface area contributed by atoms with Crippen LogP contribution in [0.15, 0.2) is 10.7 Å². The van der Waals surface area contributed by atoms with Gasteiger partial charge in [-0.25, -0.2) is 4.98 Å². The van der Waals surface area contributed by atoms with E-state index in [2.05, 4.69) is 45.1 Å². The molecule has 1 aliphatic rings. The highest BCUT2D eigenvalue weighted by atomic mass is 79.9. The molecule has 1 saturated carbocycles. The maximum atomic E-state index is 5.56. The Labute approximate surface area is 104 Å². The molecule has 0 aromatic carbocycles. The van der Waals surface area contributed by atoms with Gasteiger partial charge in [0.1, 0.15) is 5.82 Å². The Morgan fingerprint density at radius 1 is 1.56 bits per heavy atom. The number of halogens is 1. The van der Waals surface area contributed by atoms with Crippen LogP contribution in [0.5, 0.6) is 0 Å². The van der Waals surface area contributed by atoms with E-state index in [0.29, 0.717) is 17.3 Å². The minimum Gasteiger partial charge on any atom is -0.368 e. The molecule has 88 valence electrons. The second-order valence-electron chi connectivity index (χ2n) is 4.80. The van der Waals surface area contributed by atoms with Crippen molar-refractivity contribution in [2.75, 3.05) is 17.6 Å². The lowest BCUT2D eigenvalue weighted by Gasteiger charge is -2.20. The van der Waals surface area contributed by atoms with Gasteiger partial charge in [-0.05, 0) is 40.1 Å². The van der Waals surface area contributed by atoms with Gasteiger partial charge in [-0.3, -0.25) is 0 Å². The molecule has 5 heteroatoms. The Kier molecular flexibility index (Phi) is 3.06. The normalized spacial score (nSPS) is 17.5.